The normalized spacial score (nSPS) is 24.5. The first-order valence-corrected chi connectivity index (χ1v) is 11.5. The lowest BCUT2D eigenvalue weighted by atomic mass is 9.94. The molecule has 0 spiro atoms. The standard InChI is InChI=1S/C20H31N3O3S/c1-16-11-12-21-15-19(16)22-20(24)10-7-17-5-8-18(9-6-17)27(25,26)23-13-3-2-4-14-23/h5-6,8-9,16,19,21H,2-4,7,10-15H2,1H3,(H,22,24). The molecule has 1 amide bonds. The zero-order valence-electron chi connectivity index (χ0n) is 16.1. The molecule has 0 bridgehead atoms. The van der Waals surface area contributed by atoms with Crippen molar-refractivity contribution in [2.24, 2.45) is 5.92 Å². The van der Waals surface area contributed by atoms with Gasteiger partial charge in [0, 0.05) is 32.1 Å². The van der Waals surface area contributed by atoms with E-state index in [0.717, 1.165) is 44.3 Å². The third kappa shape index (κ3) is 5.30. The van der Waals surface area contributed by atoms with Crippen molar-refractivity contribution in [3.63, 3.8) is 0 Å². The first kappa shape index (κ1) is 20.3. The maximum Gasteiger partial charge on any atom is 0.243 e. The summed E-state index contributed by atoms with van der Waals surface area (Å²) in [4.78, 5) is 12.6. The van der Waals surface area contributed by atoms with E-state index in [9.17, 15) is 13.2 Å². The second-order valence-corrected chi connectivity index (χ2v) is 9.69. The van der Waals surface area contributed by atoms with Crippen LogP contribution in [0.2, 0.25) is 0 Å². The lowest BCUT2D eigenvalue weighted by Crippen LogP contribution is -2.50. The molecule has 2 atom stereocenters. The number of sulfonamides is 1. The zero-order valence-corrected chi connectivity index (χ0v) is 16.9. The van der Waals surface area contributed by atoms with Crippen LogP contribution in [0.5, 0.6) is 0 Å². The minimum atomic E-state index is -3.39. The fraction of sp³-hybridized carbons (Fsp3) is 0.650. The van der Waals surface area contributed by atoms with E-state index in [-0.39, 0.29) is 11.9 Å². The molecule has 27 heavy (non-hydrogen) atoms. The van der Waals surface area contributed by atoms with Crippen molar-refractivity contribution in [3.05, 3.63) is 29.8 Å². The molecule has 1 aromatic carbocycles. The molecule has 150 valence electrons. The molecule has 2 unspecified atom stereocenters. The summed E-state index contributed by atoms with van der Waals surface area (Å²) in [5.74, 6) is 0.551. The van der Waals surface area contributed by atoms with Gasteiger partial charge in [-0.05, 0) is 55.8 Å². The number of hydrogen-bond acceptors (Lipinski definition) is 4. The Kier molecular flexibility index (Phi) is 6.89. The van der Waals surface area contributed by atoms with Crippen molar-refractivity contribution in [2.45, 2.75) is 56.4 Å². The summed E-state index contributed by atoms with van der Waals surface area (Å²) in [6, 6.07) is 7.20. The van der Waals surface area contributed by atoms with Gasteiger partial charge >= 0.3 is 0 Å². The number of amides is 1. The summed E-state index contributed by atoms with van der Waals surface area (Å²) in [7, 11) is -3.39. The van der Waals surface area contributed by atoms with Gasteiger partial charge < -0.3 is 10.6 Å². The van der Waals surface area contributed by atoms with Gasteiger partial charge in [-0.2, -0.15) is 4.31 Å². The molecule has 2 N–H and O–H groups in total. The van der Waals surface area contributed by atoms with Gasteiger partial charge in [0.15, 0.2) is 0 Å². The quantitative estimate of drug-likeness (QED) is 0.774. The van der Waals surface area contributed by atoms with Crippen LogP contribution in [0.15, 0.2) is 29.2 Å². The first-order chi connectivity index (χ1) is 13.0. The van der Waals surface area contributed by atoms with Crippen molar-refractivity contribution in [1.29, 1.82) is 0 Å². The molecule has 0 aliphatic carbocycles. The fourth-order valence-electron chi connectivity index (χ4n) is 3.80. The van der Waals surface area contributed by atoms with Crippen molar-refractivity contribution in [2.75, 3.05) is 26.2 Å². The molecule has 7 heteroatoms. The Morgan fingerprint density at radius 3 is 2.56 bits per heavy atom. The molecular weight excluding hydrogens is 362 g/mol. The molecule has 0 aromatic heterocycles. The number of piperidine rings is 2. The van der Waals surface area contributed by atoms with Crippen molar-refractivity contribution in [3.8, 4) is 0 Å². The molecule has 2 saturated heterocycles. The second kappa shape index (κ2) is 9.17. The van der Waals surface area contributed by atoms with Gasteiger partial charge in [0.1, 0.15) is 0 Å². The minimum absolute atomic E-state index is 0.0561. The molecule has 2 aliphatic rings. The SMILES string of the molecule is CC1CCNCC1NC(=O)CCc1ccc(S(=O)(=O)N2CCCCC2)cc1. The summed E-state index contributed by atoms with van der Waals surface area (Å²) in [6.07, 6.45) is 5.08. The predicted molar refractivity (Wildman–Crippen MR) is 106 cm³/mol. The highest BCUT2D eigenvalue weighted by Crippen LogP contribution is 2.21. The summed E-state index contributed by atoms with van der Waals surface area (Å²) in [5.41, 5.74) is 0.984. The monoisotopic (exact) mass is 393 g/mol. The van der Waals surface area contributed by atoms with E-state index in [1.807, 2.05) is 12.1 Å². The third-order valence-corrected chi connectivity index (χ3v) is 7.60. The van der Waals surface area contributed by atoms with Crippen LogP contribution in [0.4, 0.5) is 0 Å². The highest BCUT2D eigenvalue weighted by molar-refractivity contribution is 7.89. The number of carbonyl (C=O) groups is 1. The van der Waals surface area contributed by atoms with Crippen LogP contribution >= 0.6 is 0 Å². The van der Waals surface area contributed by atoms with Gasteiger partial charge in [-0.3, -0.25) is 4.79 Å². The number of hydrogen-bond donors (Lipinski definition) is 2. The highest BCUT2D eigenvalue weighted by Gasteiger charge is 2.26. The van der Waals surface area contributed by atoms with Gasteiger partial charge in [-0.25, -0.2) is 8.42 Å². The van der Waals surface area contributed by atoms with Gasteiger partial charge in [0.05, 0.1) is 4.90 Å². The predicted octanol–water partition coefficient (Wildman–Crippen LogP) is 1.91. The maximum atomic E-state index is 12.7. The van der Waals surface area contributed by atoms with E-state index in [0.29, 0.717) is 36.7 Å². The molecular formula is C20H31N3O3S. The summed E-state index contributed by atoms with van der Waals surface area (Å²) in [5, 5.41) is 6.43. The number of rotatable bonds is 6. The fourth-order valence-corrected chi connectivity index (χ4v) is 5.32. The maximum absolute atomic E-state index is 12.7. The Labute approximate surface area is 162 Å². The lowest BCUT2D eigenvalue weighted by Gasteiger charge is -2.30. The van der Waals surface area contributed by atoms with Crippen LogP contribution in [0, 0.1) is 5.92 Å². The smallest absolute Gasteiger partial charge is 0.243 e. The molecule has 0 saturated carbocycles. The Balaban J connectivity index is 1.52. The number of carbonyl (C=O) groups excluding carboxylic acids is 1. The minimum Gasteiger partial charge on any atom is -0.352 e. The third-order valence-electron chi connectivity index (χ3n) is 5.69. The van der Waals surface area contributed by atoms with Crippen molar-refractivity contribution >= 4 is 15.9 Å². The van der Waals surface area contributed by atoms with Gasteiger partial charge in [-0.15, -0.1) is 0 Å². The van der Waals surface area contributed by atoms with Crippen LogP contribution < -0.4 is 10.6 Å². The van der Waals surface area contributed by atoms with Crippen LogP contribution in [0.3, 0.4) is 0 Å². The number of benzene rings is 1. The van der Waals surface area contributed by atoms with E-state index in [1.165, 1.54) is 0 Å². The van der Waals surface area contributed by atoms with E-state index < -0.39 is 10.0 Å². The van der Waals surface area contributed by atoms with Crippen molar-refractivity contribution in [1.82, 2.24) is 14.9 Å². The Morgan fingerprint density at radius 2 is 1.89 bits per heavy atom. The average Bonchev–Trinajstić information content (AvgIpc) is 2.69. The molecule has 2 aliphatic heterocycles. The number of nitrogens with one attached hydrogen (secondary N) is 2. The summed E-state index contributed by atoms with van der Waals surface area (Å²) < 4.78 is 26.9. The van der Waals surface area contributed by atoms with E-state index in [1.54, 1.807) is 16.4 Å². The van der Waals surface area contributed by atoms with Crippen LogP contribution in [-0.2, 0) is 21.2 Å². The summed E-state index contributed by atoms with van der Waals surface area (Å²) in [6.45, 7) is 5.24. The molecule has 1 aromatic rings. The average molecular weight is 394 g/mol. The van der Waals surface area contributed by atoms with Gasteiger partial charge in [-0.1, -0.05) is 25.5 Å². The Hall–Kier alpha value is -1.44. The highest BCUT2D eigenvalue weighted by atomic mass is 32.2. The van der Waals surface area contributed by atoms with Crippen molar-refractivity contribution < 1.29 is 13.2 Å². The molecule has 6 nitrogen and oxygen atoms in total. The van der Waals surface area contributed by atoms with E-state index in [2.05, 4.69) is 17.6 Å². The van der Waals surface area contributed by atoms with E-state index >= 15 is 0 Å². The summed E-state index contributed by atoms with van der Waals surface area (Å²) >= 11 is 0. The Morgan fingerprint density at radius 1 is 1.19 bits per heavy atom. The first-order valence-electron chi connectivity index (χ1n) is 10.1. The molecule has 2 fully saturated rings. The topological polar surface area (TPSA) is 78.5 Å². The largest absolute Gasteiger partial charge is 0.352 e. The van der Waals surface area contributed by atoms with E-state index in [4.69, 9.17) is 0 Å². The number of aryl methyl sites for hydroxylation is 1. The molecule has 2 heterocycles. The Bertz CT molecular complexity index is 727. The lowest BCUT2D eigenvalue weighted by molar-refractivity contribution is -0.122. The second-order valence-electron chi connectivity index (χ2n) is 7.75. The number of nitrogens with zero attached hydrogens (tertiary/aromatic N) is 1. The van der Waals surface area contributed by atoms with Crippen LogP contribution in [0.25, 0.3) is 0 Å². The zero-order chi connectivity index (χ0) is 19.3. The van der Waals surface area contributed by atoms with Crippen LogP contribution in [-0.4, -0.2) is 50.9 Å². The van der Waals surface area contributed by atoms with Gasteiger partial charge in [0.25, 0.3) is 0 Å². The van der Waals surface area contributed by atoms with Gasteiger partial charge in [0.2, 0.25) is 15.9 Å². The molecule has 0 radical (unpaired) electrons. The molecule has 3 rings (SSSR count). The van der Waals surface area contributed by atoms with Crippen LogP contribution in [0.1, 0.15) is 44.6 Å².